The maximum absolute atomic E-state index is 12.4. The Morgan fingerprint density at radius 1 is 1.37 bits per heavy atom. The molecule has 1 atom stereocenters. The van der Waals surface area contributed by atoms with Gasteiger partial charge in [-0.25, -0.2) is 0 Å². The topological polar surface area (TPSA) is 49.4 Å². The van der Waals surface area contributed by atoms with Crippen LogP contribution >= 0.6 is 11.3 Å². The van der Waals surface area contributed by atoms with E-state index in [2.05, 4.69) is 16.8 Å². The molecule has 1 N–H and O–H groups in total. The molecule has 4 nitrogen and oxygen atoms in total. The first-order valence-corrected chi connectivity index (χ1v) is 7.72. The Bertz CT molecular complexity index is 468. The lowest BCUT2D eigenvalue weighted by Crippen LogP contribution is -2.46. The number of hydrogen-bond donors (Lipinski definition) is 1. The van der Waals surface area contributed by atoms with Crippen LogP contribution in [0.2, 0.25) is 0 Å². The van der Waals surface area contributed by atoms with Gasteiger partial charge in [0.2, 0.25) is 11.8 Å². The molecule has 0 radical (unpaired) electrons. The first kappa shape index (κ1) is 12.7. The van der Waals surface area contributed by atoms with Gasteiger partial charge in [-0.3, -0.25) is 9.59 Å². The van der Waals surface area contributed by atoms with E-state index in [-0.39, 0.29) is 17.9 Å². The Balaban J connectivity index is 1.65. The van der Waals surface area contributed by atoms with Crippen molar-refractivity contribution in [3.63, 3.8) is 0 Å². The van der Waals surface area contributed by atoms with E-state index in [4.69, 9.17) is 0 Å². The quantitative estimate of drug-likeness (QED) is 0.905. The second kappa shape index (κ2) is 5.33. The van der Waals surface area contributed by atoms with E-state index in [9.17, 15) is 9.59 Å². The van der Waals surface area contributed by atoms with Gasteiger partial charge in [-0.15, -0.1) is 11.3 Å². The first-order valence-electron chi connectivity index (χ1n) is 6.84. The van der Waals surface area contributed by atoms with E-state index < -0.39 is 0 Å². The van der Waals surface area contributed by atoms with Crippen LogP contribution in [-0.2, 0) is 16.0 Å². The second-order valence-corrected chi connectivity index (χ2v) is 6.32. The van der Waals surface area contributed by atoms with E-state index in [0.29, 0.717) is 18.9 Å². The van der Waals surface area contributed by atoms with Crippen LogP contribution < -0.4 is 5.32 Å². The standard InChI is InChI=1S/C14H18N2O2S/c17-12-6-8-16(7-5-11-2-1-9-19-11)14(18)13(15-12)10-3-4-10/h1-2,9-10,13H,3-8H2,(H,15,17). The SMILES string of the molecule is O=C1CCN(CCc2cccs2)C(=O)C(C2CC2)N1. The summed E-state index contributed by atoms with van der Waals surface area (Å²) in [6.45, 7) is 1.27. The third-order valence-corrected chi connectivity index (χ3v) is 4.74. The van der Waals surface area contributed by atoms with Crippen LogP contribution in [0.5, 0.6) is 0 Å². The van der Waals surface area contributed by atoms with Crippen LogP contribution in [0.4, 0.5) is 0 Å². The Morgan fingerprint density at radius 2 is 2.21 bits per heavy atom. The van der Waals surface area contributed by atoms with Crippen LogP contribution in [0.15, 0.2) is 17.5 Å². The van der Waals surface area contributed by atoms with Crippen LogP contribution in [0.3, 0.4) is 0 Å². The molecule has 2 heterocycles. The van der Waals surface area contributed by atoms with Gasteiger partial charge in [-0.2, -0.15) is 0 Å². The van der Waals surface area contributed by atoms with Gasteiger partial charge in [0, 0.05) is 24.4 Å². The van der Waals surface area contributed by atoms with Gasteiger partial charge in [-0.1, -0.05) is 6.07 Å². The van der Waals surface area contributed by atoms with Crippen molar-refractivity contribution in [3.8, 4) is 0 Å². The van der Waals surface area contributed by atoms with Crippen LogP contribution in [0.25, 0.3) is 0 Å². The van der Waals surface area contributed by atoms with Crippen molar-refractivity contribution in [1.82, 2.24) is 10.2 Å². The molecule has 1 unspecified atom stereocenters. The number of carbonyl (C=O) groups is 2. The third-order valence-electron chi connectivity index (χ3n) is 3.80. The summed E-state index contributed by atoms with van der Waals surface area (Å²) in [5, 5.41) is 4.94. The largest absolute Gasteiger partial charge is 0.344 e. The van der Waals surface area contributed by atoms with Crippen molar-refractivity contribution in [2.45, 2.75) is 31.7 Å². The Labute approximate surface area is 116 Å². The summed E-state index contributed by atoms with van der Waals surface area (Å²) in [5.74, 6) is 0.507. The lowest BCUT2D eigenvalue weighted by atomic mass is 10.1. The predicted molar refractivity (Wildman–Crippen MR) is 73.9 cm³/mol. The van der Waals surface area contributed by atoms with Gasteiger partial charge < -0.3 is 10.2 Å². The molecule has 1 aromatic heterocycles. The van der Waals surface area contributed by atoms with E-state index >= 15 is 0 Å². The average molecular weight is 278 g/mol. The van der Waals surface area contributed by atoms with Crippen LogP contribution in [0, 0.1) is 5.92 Å². The maximum Gasteiger partial charge on any atom is 0.245 e. The van der Waals surface area contributed by atoms with E-state index in [1.807, 2.05) is 11.0 Å². The Morgan fingerprint density at radius 3 is 2.89 bits per heavy atom. The highest BCUT2D eigenvalue weighted by molar-refractivity contribution is 7.09. The third kappa shape index (κ3) is 2.97. The molecule has 0 aromatic carbocycles. The van der Waals surface area contributed by atoms with Crippen LogP contribution in [0.1, 0.15) is 24.1 Å². The molecule has 0 bridgehead atoms. The summed E-state index contributed by atoms with van der Waals surface area (Å²) in [4.78, 5) is 27.3. The Kier molecular flexibility index (Phi) is 3.55. The van der Waals surface area contributed by atoms with Gasteiger partial charge in [0.1, 0.15) is 6.04 Å². The molecule has 1 saturated carbocycles. The molecular formula is C14H18N2O2S. The molecular weight excluding hydrogens is 260 g/mol. The normalized spacial score (nSPS) is 24.2. The van der Waals surface area contributed by atoms with Gasteiger partial charge in [0.05, 0.1) is 0 Å². The zero-order chi connectivity index (χ0) is 13.2. The number of nitrogens with zero attached hydrogens (tertiary/aromatic N) is 1. The van der Waals surface area contributed by atoms with Crippen molar-refractivity contribution >= 4 is 23.2 Å². The zero-order valence-corrected chi connectivity index (χ0v) is 11.6. The molecule has 2 aliphatic rings. The van der Waals surface area contributed by atoms with Gasteiger partial charge in [-0.05, 0) is 36.6 Å². The van der Waals surface area contributed by atoms with Gasteiger partial charge >= 0.3 is 0 Å². The summed E-state index contributed by atoms with van der Waals surface area (Å²) in [5.41, 5.74) is 0. The van der Waals surface area contributed by atoms with E-state index in [1.54, 1.807) is 11.3 Å². The minimum Gasteiger partial charge on any atom is -0.344 e. The first-order chi connectivity index (χ1) is 9.24. The molecule has 19 heavy (non-hydrogen) atoms. The highest BCUT2D eigenvalue weighted by Gasteiger charge is 2.40. The minimum absolute atomic E-state index is 0.0175. The molecule has 1 aliphatic heterocycles. The molecule has 102 valence electrons. The second-order valence-electron chi connectivity index (χ2n) is 5.29. The number of carbonyl (C=O) groups excluding carboxylic acids is 2. The van der Waals surface area contributed by atoms with Gasteiger partial charge in [0.25, 0.3) is 0 Å². The van der Waals surface area contributed by atoms with Crippen molar-refractivity contribution in [1.29, 1.82) is 0 Å². The Hall–Kier alpha value is -1.36. The van der Waals surface area contributed by atoms with E-state index in [0.717, 1.165) is 25.8 Å². The molecule has 5 heteroatoms. The zero-order valence-electron chi connectivity index (χ0n) is 10.8. The summed E-state index contributed by atoms with van der Waals surface area (Å²) < 4.78 is 0. The fourth-order valence-electron chi connectivity index (χ4n) is 2.52. The van der Waals surface area contributed by atoms with Crippen molar-refractivity contribution < 1.29 is 9.59 Å². The van der Waals surface area contributed by atoms with Gasteiger partial charge in [0.15, 0.2) is 0 Å². The summed E-state index contributed by atoms with van der Waals surface area (Å²) in [6.07, 6.45) is 3.44. The number of amides is 2. The number of rotatable bonds is 4. The number of thiophene rings is 1. The van der Waals surface area contributed by atoms with Crippen LogP contribution in [-0.4, -0.2) is 35.8 Å². The lowest BCUT2D eigenvalue weighted by Gasteiger charge is -2.23. The highest BCUT2D eigenvalue weighted by Crippen LogP contribution is 2.34. The van der Waals surface area contributed by atoms with E-state index in [1.165, 1.54) is 4.88 Å². The minimum atomic E-state index is -0.265. The maximum atomic E-state index is 12.4. The molecule has 1 aromatic rings. The summed E-state index contributed by atoms with van der Waals surface area (Å²) in [6, 6.07) is 3.86. The average Bonchev–Trinajstić information content (AvgIpc) is 3.13. The molecule has 0 spiro atoms. The molecule has 3 rings (SSSR count). The highest BCUT2D eigenvalue weighted by atomic mass is 32.1. The summed E-state index contributed by atoms with van der Waals surface area (Å²) >= 11 is 1.72. The lowest BCUT2D eigenvalue weighted by molar-refractivity contribution is -0.134. The monoisotopic (exact) mass is 278 g/mol. The fourth-order valence-corrected chi connectivity index (χ4v) is 3.22. The fraction of sp³-hybridized carbons (Fsp3) is 0.571. The predicted octanol–water partition coefficient (Wildman–Crippen LogP) is 1.42. The van der Waals surface area contributed by atoms with Crippen molar-refractivity contribution in [3.05, 3.63) is 22.4 Å². The molecule has 1 saturated heterocycles. The number of nitrogens with one attached hydrogen (secondary N) is 1. The molecule has 1 aliphatic carbocycles. The van der Waals surface area contributed by atoms with Crippen molar-refractivity contribution in [2.24, 2.45) is 5.92 Å². The smallest absolute Gasteiger partial charge is 0.245 e. The molecule has 2 fully saturated rings. The molecule has 2 amide bonds. The van der Waals surface area contributed by atoms with Crippen molar-refractivity contribution in [2.75, 3.05) is 13.1 Å². The number of hydrogen-bond acceptors (Lipinski definition) is 3. The summed E-state index contributed by atoms with van der Waals surface area (Å²) in [7, 11) is 0.